The summed E-state index contributed by atoms with van der Waals surface area (Å²) in [4.78, 5) is 2.41. The molecule has 0 N–H and O–H groups in total. The van der Waals surface area contributed by atoms with Crippen molar-refractivity contribution in [1.29, 1.82) is 0 Å². The van der Waals surface area contributed by atoms with Gasteiger partial charge in [-0.15, -0.1) is 0 Å². The molecule has 0 spiro atoms. The second kappa shape index (κ2) is 16.1. The van der Waals surface area contributed by atoms with Gasteiger partial charge in [-0.05, 0) is 105 Å². The van der Waals surface area contributed by atoms with E-state index in [1.807, 2.05) is 0 Å². The molecule has 11 rings (SSSR count). The summed E-state index contributed by atoms with van der Waals surface area (Å²) in [5.41, 5.74) is 18.7. The lowest BCUT2D eigenvalue weighted by molar-refractivity contribution is 1.18. The fourth-order valence-electron chi connectivity index (χ4n) is 9.11. The van der Waals surface area contributed by atoms with Crippen LogP contribution in [0.4, 0.5) is 17.1 Å². The average Bonchev–Trinajstić information content (AvgIpc) is 3.69. The van der Waals surface area contributed by atoms with Gasteiger partial charge in [0, 0.05) is 33.4 Å². The summed E-state index contributed by atoms with van der Waals surface area (Å²) in [6, 6.07) is 92.0. The molecule has 62 heavy (non-hydrogen) atoms. The van der Waals surface area contributed by atoms with E-state index in [0.717, 1.165) is 33.9 Å². The van der Waals surface area contributed by atoms with E-state index < -0.39 is 0 Å². The number of anilines is 3. The second-order valence-corrected chi connectivity index (χ2v) is 15.7. The van der Waals surface area contributed by atoms with E-state index in [-0.39, 0.29) is 0 Å². The average molecular weight is 791 g/mol. The molecule has 0 unspecified atom stereocenters. The van der Waals surface area contributed by atoms with Crippen LogP contribution in [0, 0.1) is 0 Å². The van der Waals surface area contributed by atoms with Crippen LogP contribution in [0.15, 0.2) is 255 Å². The first-order valence-electron chi connectivity index (χ1n) is 21.3. The molecular weight excluding hydrogens is 749 g/mol. The molecule has 0 bridgehead atoms. The molecule has 0 saturated heterocycles. The summed E-state index contributed by atoms with van der Waals surface area (Å²) < 4.78 is 2.39. The van der Waals surface area contributed by atoms with Crippen LogP contribution in [0.1, 0.15) is 0 Å². The van der Waals surface area contributed by atoms with Crippen molar-refractivity contribution in [3.8, 4) is 61.3 Å². The molecule has 10 aromatic carbocycles. The van der Waals surface area contributed by atoms with Gasteiger partial charge in [-0.3, -0.25) is 0 Å². The highest BCUT2D eigenvalue weighted by molar-refractivity contribution is 6.10. The molecule has 0 saturated carbocycles. The summed E-state index contributed by atoms with van der Waals surface area (Å²) in [6.07, 6.45) is 0. The number of para-hydroxylation sites is 3. The summed E-state index contributed by atoms with van der Waals surface area (Å²) in [5, 5.41) is 2.50. The van der Waals surface area contributed by atoms with Gasteiger partial charge < -0.3 is 9.47 Å². The summed E-state index contributed by atoms with van der Waals surface area (Å²) in [5.74, 6) is 0. The van der Waals surface area contributed by atoms with Crippen molar-refractivity contribution in [2.75, 3.05) is 4.90 Å². The van der Waals surface area contributed by atoms with Crippen LogP contribution in [0.3, 0.4) is 0 Å². The Hall–Kier alpha value is -8.20. The largest absolute Gasteiger partial charge is 0.310 e. The molecule has 0 radical (unpaired) electrons. The van der Waals surface area contributed by atoms with Crippen molar-refractivity contribution < 1.29 is 0 Å². The van der Waals surface area contributed by atoms with Gasteiger partial charge in [-0.2, -0.15) is 0 Å². The number of hydrogen-bond donors (Lipinski definition) is 0. The highest BCUT2D eigenvalue weighted by Crippen LogP contribution is 2.46. The third-order valence-corrected chi connectivity index (χ3v) is 12.0. The number of rotatable bonds is 9. The molecular formula is C60H42N2. The van der Waals surface area contributed by atoms with Gasteiger partial charge in [-0.1, -0.05) is 200 Å². The fourth-order valence-corrected chi connectivity index (χ4v) is 9.11. The minimum Gasteiger partial charge on any atom is -0.310 e. The first kappa shape index (κ1) is 36.8. The first-order chi connectivity index (χ1) is 30.8. The van der Waals surface area contributed by atoms with Gasteiger partial charge in [-0.25, -0.2) is 0 Å². The van der Waals surface area contributed by atoms with E-state index in [4.69, 9.17) is 0 Å². The minimum atomic E-state index is 1.08. The molecule has 0 aliphatic carbocycles. The maximum absolute atomic E-state index is 2.41. The molecule has 292 valence electrons. The van der Waals surface area contributed by atoms with Gasteiger partial charge in [0.15, 0.2) is 0 Å². The molecule has 2 heteroatoms. The standard InChI is InChI=1S/C60H42N2/c1-4-18-43(19-5-1)44-32-37-49(38-33-44)61(58-30-16-14-28-55(58)54-27-13-12-26-53(54)52-25-11-10-24-51(52)46-20-6-2-7-21-46)50-39-34-45(35-40-50)47-36-41-57-56-29-15-17-31-59(56)62(60(57)42-47)48-22-8-3-9-23-48/h1-42H. The number of nitrogens with zero attached hydrogens (tertiary/aromatic N) is 2. The van der Waals surface area contributed by atoms with E-state index in [0.29, 0.717) is 0 Å². The number of aromatic nitrogens is 1. The normalized spacial score (nSPS) is 11.2. The SMILES string of the molecule is c1ccc(-c2ccc(N(c3ccc(-c4ccc5c6ccccc6n(-c6ccccc6)c5c4)cc3)c3ccccc3-c3ccccc3-c3ccccc3-c3ccccc3)cc2)cc1. The predicted molar refractivity (Wildman–Crippen MR) is 263 cm³/mol. The van der Waals surface area contributed by atoms with Gasteiger partial charge in [0.1, 0.15) is 0 Å². The number of hydrogen-bond acceptors (Lipinski definition) is 1. The quantitative estimate of drug-likeness (QED) is 0.141. The number of benzene rings is 10. The molecule has 0 amide bonds. The van der Waals surface area contributed by atoms with Crippen LogP contribution in [-0.4, -0.2) is 4.57 Å². The Bertz CT molecular complexity index is 3310. The van der Waals surface area contributed by atoms with Gasteiger partial charge in [0.05, 0.1) is 16.7 Å². The zero-order valence-corrected chi connectivity index (χ0v) is 34.1. The zero-order chi connectivity index (χ0) is 41.2. The predicted octanol–water partition coefficient (Wildman–Crippen LogP) is 16.6. The third-order valence-electron chi connectivity index (χ3n) is 12.0. The maximum Gasteiger partial charge on any atom is 0.0547 e. The highest BCUT2D eigenvalue weighted by Gasteiger charge is 2.21. The summed E-state index contributed by atoms with van der Waals surface area (Å²) in [7, 11) is 0. The smallest absolute Gasteiger partial charge is 0.0547 e. The van der Waals surface area contributed by atoms with E-state index >= 15 is 0 Å². The van der Waals surface area contributed by atoms with E-state index in [1.165, 1.54) is 66.3 Å². The minimum absolute atomic E-state index is 1.08. The van der Waals surface area contributed by atoms with Crippen molar-refractivity contribution in [3.05, 3.63) is 255 Å². The molecule has 1 heterocycles. The topological polar surface area (TPSA) is 8.17 Å². The van der Waals surface area contributed by atoms with Gasteiger partial charge in [0.25, 0.3) is 0 Å². The van der Waals surface area contributed by atoms with Gasteiger partial charge >= 0.3 is 0 Å². The maximum atomic E-state index is 2.41. The second-order valence-electron chi connectivity index (χ2n) is 15.7. The molecule has 1 aromatic heterocycles. The monoisotopic (exact) mass is 790 g/mol. The third kappa shape index (κ3) is 6.74. The van der Waals surface area contributed by atoms with Crippen molar-refractivity contribution in [3.63, 3.8) is 0 Å². The van der Waals surface area contributed by atoms with Crippen LogP contribution in [0.25, 0.3) is 83.1 Å². The Morgan fingerprint density at radius 3 is 1.32 bits per heavy atom. The Balaban J connectivity index is 1.05. The summed E-state index contributed by atoms with van der Waals surface area (Å²) in [6.45, 7) is 0. The van der Waals surface area contributed by atoms with Crippen molar-refractivity contribution >= 4 is 38.9 Å². The van der Waals surface area contributed by atoms with Crippen molar-refractivity contribution in [2.24, 2.45) is 0 Å². The lowest BCUT2D eigenvalue weighted by Gasteiger charge is -2.29. The van der Waals surface area contributed by atoms with Crippen LogP contribution < -0.4 is 4.90 Å². The molecule has 0 atom stereocenters. The highest BCUT2D eigenvalue weighted by atomic mass is 15.1. The van der Waals surface area contributed by atoms with Crippen molar-refractivity contribution in [1.82, 2.24) is 4.57 Å². The lowest BCUT2D eigenvalue weighted by atomic mass is 9.88. The molecule has 0 aliphatic rings. The van der Waals surface area contributed by atoms with Crippen LogP contribution in [0.2, 0.25) is 0 Å². The summed E-state index contributed by atoms with van der Waals surface area (Å²) >= 11 is 0. The van der Waals surface area contributed by atoms with Crippen LogP contribution >= 0.6 is 0 Å². The zero-order valence-electron chi connectivity index (χ0n) is 34.1. The van der Waals surface area contributed by atoms with E-state index in [2.05, 4.69) is 264 Å². The Morgan fingerprint density at radius 1 is 0.258 bits per heavy atom. The van der Waals surface area contributed by atoms with E-state index in [9.17, 15) is 0 Å². The van der Waals surface area contributed by atoms with Gasteiger partial charge in [0.2, 0.25) is 0 Å². The van der Waals surface area contributed by atoms with Crippen LogP contribution in [0.5, 0.6) is 0 Å². The van der Waals surface area contributed by atoms with Crippen LogP contribution in [-0.2, 0) is 0 Å². The first-order valence-corrected chi connectivity index (χ1v) is 21.3. The molecule has 0 aliphatic heterocycles. The lowest BCUT2D eigenvalue weighted by Crippen LogP contribution is -2.11. The Kier molecular flexibility index (Phi) is 9.57. The molecule has 11 aromatic rings. The van der Waals surface area contributed by atoms with Crippen molar-refractivity contribution in [2.45, 2.75) is 0 Å². The number of fused-ring (bicyclic) bond motifs is 3. The Labute approximate surface area is 362 Å². The van der Waals surface area contributed by atoms with E-state index in [1.54, 1.807) is 0 Å². The molecule has 0 fully saturated rings. The molecule has 2 nitrogen and oxygen atoms in total. The fraction of sp³-hybridized carbons (Fsp3) is 0. The Morgan fingerprint density at radius 2 is 0.677 bits per heavy atom.